The first-order valence-electron chi connectivity index (χ1n) is 5.73. The molecule has 0 aliphatic carbocycles. The van der Waals surface area contributed by atoms with Crippen molar-refractivity contribution in [2.45, 2.75) is 13.3 Å². The first kappa shape index (κ1) is 12.3. The lowest BCUT2D eigenvalue weighted by molar-refractivity contribution is -0.136. The first-order chi connectivity index (χ1) is 8.59. The van der Waals surface area contributed by atoms with Crippen LogP contribution in [0.5, 0.6) is 0 Å². The van der Waals surface area contributed by atoms with Crippen LogP contribution >= 0.6 is 0 Å². The van der Waals surface area contributed by atoms with Crippen LogP contribution in [0.2, 0.25) is 0 Å². The smallest absolute Gasteiger partial charge is 0.305 e. The Morgan fingerprint density at radius 1 is 1.39 bits per heavy atom. The van der Waals surface area contributed by atoms with E-state index in [1.165, 1.54) is 6.33 Å². The molecule has 2 aromatic rings. The number of para-hydroxylation sites is 1. The van der Waals surface area contributed by atoms with Crippen molar-refractivity contribution in [2.75, 3.05) is 18.5 Å². The molecule has 0 aliphatic heterocycles. The van der Waals surface area contributed by atoms with Crippen molar-refractivity contribution in [1.82, 2.24) is 9.97 Å². The Labute approximate surface area is 105 Å². The maximum atomic E-state index is 10.6. The van der Waals surface area contributed by atoms with Crippen LogP contribution in [0.4, 0.5) is 5.82 Å². The Kier molecular flexibility index (Phi) is 3.41. The van der Waals surface area contributed by atoms with Gasteiger partial charge >= 0.3 is 5.97 Å². The fraction of sp³-hybridized carbons (Fsp3) is 0.308. The van der Waals surface area contributed by atoms with Crippen LogP contribution in [-0.4, -0.2) is 34.6 Å². The van der Waals surface area contributed by atoms with E-state index >= 15 is 0 Å². The Balaban J connectivity index is 2.38. The van der Waals surface area contributed by atoms with Gasteiger partial charge in [-0.15, -0.1) is 0 Å². The monoisotopic (exact) mass is 245 g/mol. The van der Waals surface area contributed by atoms with Crippen LogP contribution in [-0.2, 0) is 4.79 Å². The summed E-state index contributed by atoms with van der Waals surface area (Å²) in [5.74, 6) is -0.0404. The van der Waals surface area contributed by atoms with Crippen LogP contribution in [0.1, 0.15) is 12.0 Å². The Bertz CT molecular complexity index is 583. The number of aromatic nitrogens is 2. The lowest BCUT2D eigenvalue weighted by Crippen LogP contribution is -2.22. The minimum Gasteiger partial charge on any atom is -0.481 e. The Hall–Kier alpha value is -2.17. The van der Waals surface area contributed by atoms with Crippen LogP contribution in [0, 0.1) is 6.92 Å². The molecule has 0 fully saturated rings. The van der Waals surface area contributed by atoms with E-state index in [4.69, 9.17) is 5.11 Å². The third-order valence-corrected chi connectivity index (χ3v) is 2.87. The quantitative estimate of drug-likeness (QED) is 0.890. The maximum absolute atomic E-state index is 10.6. The summed E-state index contributed by atoms with van der Waals surface area (Å²) in [5, 5.41) is 9.66. The number of hydrogen-bond donors (Lipinski definition) is 1. The van der Waals surface area contributed by atoms with Crippen LogP contribution < -0.4 is 4.90 Å². The van der Waals surface area contributed by atoms with E-state index in [9.17, 15) is 4.79 Å². The summed E-state index contributed by atoms with van der Waals surface area (Å²) in [6.45, 7) is 2.42. The second kappa shape index (κ2) is 5.00. The summed E-state index contributed by atoms with van der Waals surface area (Å²) in [4.78, 5) is 21.0. The number of aliphatic carboxylic acids is 1. The molecule has 0 saturated carbocycles. The minimum atomic E-state index is -0.809. The van der Waals surface area contributed by atoms with Gasteiger partial charge in [-0.2, -0.15) is 0 Å². The van der Waals surface area contributed by atoms with Crippen molar-refractivity contribution in [1.29, 1.82) is 0 Å². The molecule has 1 heterocycles. The molecule has 0 atom stereocenters. The number of fused-ring (bicyclic) bond motifs is 1. The molecule has 0 radical (unpaired) electrons. The summed E-state index contributed by atoms with van der Waals surface area (Å²) in [6.07, 6.45) is 1.61. The highest BCUT2D eigenvalue weighted by Gasteiger charge is 2.10. The van der Waals surface area contributed by atoms with E-state index in [-0.39, 0.29) is 6.42 Å². The fourth-order valence-corrected chi connectivity index (χ4v) is 1.90. The molecule has 0 unspecified atom stereocenters. The molecular formula is C13H15N3O2. The highest BCUT2D eigenvalue weighted by molar-refractivity contribution is 5.91. The standard InChI is InChI=1S/C13H15N3O2/c1-9-4-3-5-10-12(9)14-8-15-13(10)16(2)7-6-11(17)18/h3-5,8H,6-7H2,1-2H3,(H,17,18). The Morgan fingerprint density at radius 3 is 2.89 bits per heavy atom. The highest BCUT2D eigenvalue weighted by atomic mass is 16.4. The van der Waals surface area contributed by atoms with E-state index in [2.05, 4.69) is 9.97 Å². The van der Waals surface area contributed by atoms with Gasteiger partial charge in [0.1, 0.15) is 12.1 Å². The number of carbonyl (C=O) groups is 1. The number of anilines is 1. The predicted molar refractivity (Wildman–Crippen MR) is 69.8 cm³/mol. The van der Waals surface area contributed by atoms with Gasteiger partial charge in [0.05, 0.1) is 11.9 Å². The van der Waals surface area contributed by atoms with Gasteiger partial charge < -0.3 is 10.0 Å². The highest BCUT2D eigenvalue weighted by Crippen LogP contribution is 2.23. The second-order valence-electron chi connectivity index (χ2n) is 4.23. The summed E-state index contributed by atoms with van der Waals surface area (Å²) in [7, 11) is 1.84. The van der Waals surface area contributed by atoms with Gasteiger partial charge in [0, 0.05) is 19.0 Å². The molecule has 1 aromatic heterocycles. The van der Waals surface area contributed by atoms with E-state index in [1.54, 1.807) is 0 Å². The molecule has 1 N–H and O–H groups in total. The largest absolute Gasteiger partial charge is 0.481 e. The number of hydrogen-bond acceptors (Lipinski definition) is 4. The number of nitrogens with zero attached hydrogens (tertiary/aromatic N) is 3. The van der Waals surface area contributed by atoms with Crippen LogP contribution in [0.3, 0.4) is 0 Å². The van der Waals surface area contributed by atoms with Crippen molar-refractivity contribution >= 4 is 22.7 Å². The van der Waals surface area contributed by atoms with Gasteiger partial charge in [-0.05, 0) is 18.6 Å². The van der Waals surface area contributed by atoms with Crippen molar-refractivity contribution in [3.05, 3.63) is 30.1 Å². The molecule has 5 nitrogen and oxygen atoms in total. The summed E-state index contributed by atoms with van der Waals surface area (Å²) < 4.78 is 0. The van der Waals surface area contributed by atoms with Gasteiger partial charge in [-0.25, -0.2) is 9.97 Å². The molecule has 1 aromatic carbocycles. The first-order valence-corrected chi connectivity index (χ1v) is 5.73. The number of rotatable bonds is 4. The molecule has 0 amide bonds. The molecule has 0 spiro atoms. The zero-order valence-electron chi connectivity index (χ0n) is 10.4. The van der Waals surface area contributed by atoms with E-state index in [0.29, 0.717) is 6.54 Å². The summed E-state index contributed by atoms with van der Waals surface area (Å²) >= 11 is 0. The van der Waals surface area contributed by atoms with Gasteiger partial charge in [-0.3, -0.25) is 4.79 Å². The number of carboxylic acids is 1. The molecule has 94 valence electrons. The average Bonchev–Trinajstić information content (AvgIpc) is 2.36. The SMILES string of the molecule is Cc1cccc2c(N(C)CCC(=O)O)ncnc12. The zero-order valence-corrected chi connectivity index (χ0v) is 10.4. The Morgan fingerprint density at radius 2 is 2.17 bits per heavy atom. The van der Waals surface area contributed by atoms with Gasteiger partial charge in [0.15, 0.2) is 0 Å². The summed E-state index contributed by atoms with van der Waals surface area (Å²) in [6, 6.07) is 5.90. The lowest BCUT2D eigenvalue weighted by Gasteiger charge is -2.18. The van der Waals surface area contributed by atoms with E-state index in [1.807, 2.05) is 37.1 Å². The van der Waals surface area contributed by atoms with Crippen LogP contribution in [0.15, 0.2) is 24.5 Å². The molecule has 5 heteroatoms. The third kappa shape index (κ3) is 2.40. The molecule has 0 aliphatic rings. The number of carboxylic acid groups (broad SMARTS) is 1. The zero-order chi connectivity index (χ0) is 13.1. The molecule has 18 heavy (non-hydrogen) atoms. The van der Waals surface area contributed by atoms with Crippen LogP contribution in [0.25, 0.3) is 10.9 Å². The molecule has 0 bridgehead atoms. The van der Waals surface area contributed by atoms with Crippen molar-refractivity contribution in [2.24, 2.45) is 0 Å². The average molecular weight is 245 g/mol. The van der Waals surface area contributed by atoms with Gasteiger partial charge in [0.2, 0.25) is 0 Å². The minimum absolute atomic E-state index is 0.0911. The second-order valence-corrected chi connectivity index (χ2v) is 4.23. The van der Waals surface area contributed by atoms with Crippen molar-refractivity contribution in [3.8, 4) is 0 Å². The van der Waals surface area contributed by atoms with Crippen molar-refractivity contribution in [3.63, 3.8) is 0 Å². The molecule has 0 saturated heterocycles. The fourth-order valence-electron chi connectivity index (χ4n) is 1.90. The molecule has 2 rings (SSSR count). The number of benzene rings is 1. The number of aryl methyl sites for hydroxylation is 1. The summed E-state index contributed by atoms with van der Waals surface area (Å²) in [5.41, 5.74) is 1.99. The van der Waals surface area contributed by atoms with E-state index < -0.39 is 5.97 Å². The van der Waals surface area contributed by atoms with Gasteiger partial charge in [-0.1, -0.05) is 12.1 Å². The normalized spacial score (nSPS) is 10.6. The van der Waals surface area contributed by atoms with Crippen molar-refractivity contribution < 1.29 is 9.90 Å². The maximum Gasteiger partial charge on any atom is 0.305 e. The lowest BCUT2D eigenvalue weighted by atomic mass is 10.1. The van der Waals surface area contributed by atoms with Gasteiger partial charge in [0.25, 0.3) is 0 Å². The topological polar surface area (TPSA) is 66.3 Å². The van der Waals surface area contributed by atoms with E-state index in [0.717, 1.165) is 22.3 Å². The third-order valence-electron chi connectivity index (χ3n) is 2.87. The predicted octanol–water partition coefficient (Wildman–Crippen LogP) is 1.85. The molecular weight excluding hydrogens is 230 g/mol.